The van der Waals surface area contributed by atoms with Crippen LogP contribution < -0.4 is 5.73 Å². The maximum absolute atomic E-state index is 10.1. The summed E-state index contributed by atoms with van der Waals surface area (Å²) in [6, 6.07) is 6.72. The highest BCUT2D eigenvalue weighted by molar-refractivity contribution is 6.29. The Hall–Kier alpha value is -1.65. The molecule has 5 heteroatoms. The Bertz CT molecular complexity index is 504. The number of hydrogen-bond donors (Lipinski definition) is 2. The van der Waals surface area contributed by atoms with Crippen LogP contribution in [0.3, 0.4) is 0 Å². The van der Waals surface area contributed by atoms with Crippen LogP contribution in [0.5, 0.6) is 0 Å². The third kappa shape index (κ3) is 2.13. The van der Waals surface area contributed by atoms with E-state index in [1.807, 2.05) is 0 Å². The third-order valence-electron chi connectivity index (χ3n) is 2.23. The zero-order chi connectivity index (χ0) is 11.5. The first kappa shape index (κ1) is 10.9. The number of aromatic nitrogens is 2. The minimum absolute atomic E-state index is 0.308. The van der Waals surface area contributed by atoms with Gasteiger partial charge in [-0.1, -0.05) is 17.7 Å². The number of aliphatic hydroxyl groups excluding tert-OH is 1. The van der Waals surface area contributed by atoms with Crippen LogP contribution in [-0.4, -0.2) is 15.1 Å². The van der Waals surface area contributed by atoms with Crippen molar-refractivity contribution in [1.29, 1.82) is 0 Å². The van der Waals surface area contributed by atoms with Gasteiger partial charge in [0.2, 0.25) is 0 Å². The van der Waals surface area contributed by atoms with Gasteiger partial charge in [0.1, 0.15) is 17.1 Å². The molecule has 0 saturated carbocycles. The van der Waals surface area contributed by atoms with Gasteiger partial charge >= 0.3 is 0 Å². The predicted octanol–water partition coefficient (Wildman–Crippen LogP) is 1.79. The Labute approximate surface area is 97.7 Å². The average Bonchev–Trinajstić information content (AvgIpc) is 2.29. The molecule has 2 rings (SSSR count). The Morgan fingerprint density at radius 2 is 2.06 bits per heavy atom. The molecule has 0 fully saturated rings. The maximum Gasteiger partial charge on any atom is 0.129 e. The number of nitrogen functional groups attached to an aromatic ring is 1. The molecule has 2 heterocycles. The van der Waals surface area contributed by atoms with Gasteiger partial charge in [0.25, 0.3) is 0 Å². The highest BCUT2D eigenvalue weighted by Gasteiger charge is 2.14. The normalized spacial score (nSPS) is 12.4. The Balaban J connectivity index is 2.39. The van der Waals surface area contributed by atoms with E-state index in [4.69, 9.17) is 17.3 Å². The largest absolute Gasteiger partial charge is 0.384 e. The summed E-state index contributed by atoms with van der Waals surface area (Å²) in [7, 11) is 0. The molecule has 0 saturated heterocycles. The van der Waals surface area contributed by atoms with Crippen molar-refractivity contribution in [1.82, 2.24) is 9.97 Å². The standard InChI is InChI=1S/C11H10ClN3O/c12-9-6-7(3-5-14-9)10(16)8-2-1-4-15-11(8)13/h1-6,10,16H,(H2,13,15). The molecule has 0 spiro atoms. The number of rotatable bonds is 2. The molecule has 0 aliphatic carbocycles. The van der Waals surface area contributed by atoms with E-state index in [-0.39, 0.29) is 0 Å². The number of pyridine rings is 2. The predicted molar refractivity (Wildman–Crippen MR) is 62.0 cm³/mol. The van der Waals surface area contributed by atoms with Gasteiger partial charge in [-0.2, -0.15) is 0 Å². The maximum atomic E-state index is 10.1. The molecule has 0 aliphatic rings. The summed E-state index contributed by atoms with van der Waals surface area (Å²) >= 11 is 5.75. The molecule has 1 unspecified atom stereocenters. The van der Waals surface area contributed by atoms with E-state index < -0.39 is 6.10 Å². The number of halogens is 1. The highest BCUT2D eigenvalue weighted by Crippen LogP contribution is 2.25. The minimum atomic E-state index is -0.839. The lowest BCUT2D eigenvalue weighted by atomic mass is 10.0. The topological polar surface area (TPSA) is 72.0 Å². The molecule has 82 valence electrons. The minimum Gasteiger partial charge on any atom is -0.384 e. The second kappa shape index (κ2) is 4.47. The van der Waals surface area contributed by atoms with Gasteiger partial charge in [-0.05, 0) is 23.8 Å². The number of anilines is 1. The number of hydrogen-bond acceptors (Lipinski definition) is 4. The first-order valence-electron chi connectivity index (χ1n) is 4.68. The van der Waals surface area contributed by atoms with E-state index in [0.29, 0.717) is 22.1 Å². The van der Waals surface area contributed by atoms with Crippen molar-refractivity contribution in [2.45, 2.75) is 6.10 Å². The number of nitrogens with zero attached hydrogens (tertiary/aromatic N) is 2. The van der Waals surface area contributed by atoms with E-state index >= 15 is 0 Å². The van der Waals surface area contributed by atoms with E-state index in [2.05, 4.69) is 9.97 Å². The lowest BCUT2D eigenvalue weighted by Crippen LogP contribution is -2.05. The second-order valence-corrected chi connectivity index (χ2v) is 3.68. The van der Waals surface area contributed by atoms with Crippen LogP contribution in [0.15, 0.2) is 36.7 Å². The Kier molecular flexibility index (Phi) is 3.03. The smallest absolute Gasteiger partial charge is 0.129 e. The summed E-state index contributed by atoms with van der Waals surface area (Å²) in [4.78, 5) is 7.76. The summed E-state index contributed by atoms with van der Waals surface area (Å²) in [5, 5.41) is 10.4. The van der Waals surface area contributed by atoms with Crippen molar-refractivity contribution >= 4 is 17.4 Å². The van der Waals surface area contributed by atoms with Crippen LogP contribution in [0.1, 0.15) is 17.2 Å². The van der Waals surface area contributed by atoms with Gasteiger partial charge < -0.3 is 10.8 Å². The van der Waals surface area contributed by atoms with Crippen molar-refractivity contribution in [3.8, 4) is 0 Å². The molecular formula is C11H10ClN3O. The number of aliphatic hydroxyl groups is 1. The summed E-state index contributed by atoms with van der Waals surface area (Å²) in [6.45, 7) is 0. The lowest BCUT2D eigenvalue weighted by molar-refractivity contribution is 0.220. The van der Waals surface area contributed by atoms with E-state index in [0.717, 1.165) is 0 Å². The Morgan fingerprint density at radius 1 is 1.25 bits per heavy atom. The third-order valence-corrected chi connectivity index (χ3v) is 2.44. The fraction of sp³-hybridized carbons (Fsp3) is 0.0909. The molecule has 0 amide bonds. The zero-order valence-electron chi connectivity index (χ0n) is 8.34. The van der Waals surface area contributed by atoms with Gasteiger partial charge in [0, 0.05) is 18.0 Å². The van der Waals surface area contributed by atoms with Gasteiger partial charge in [0.05, 0.1) is 0 Å². The molecule has 3 N–H and O–H groups in total. The monoisotopic (exact) mass is 235 g/mol. The molecule has 0 bridgehead atoms. The molecule has 2 aromatic rings. The fourth-order valence-corrected chi connectivity index (χ4v) is 1.61. The van der Waals surface area contributed by atoms with Crippen molar-refractivity contribution in [3.05, 3.63) is 52.9 Å². The van der Waals surface area contributed by atoms with Crippen molar-refractivity contribution in [2.24, 2.45) is 0 Å². The van der Waals surface area contributed by atoms with Gasteiger partial charge in [-0.15, -0.1) is 0 Å². The molecule has 0 aromatic carbocycles. The summed E-state index contributed by atoms with van der Waals surface area (Å²) in [5.74, 6) is 0.308. The van der Waals surface area contributed by atoms with Crippen LogP contribution in [0.4, 0.5) is 5.82 Å². The molecule has 2 aromatic heterocycles. The van der Waals surface area contributed by atoms with Crippen LogP contribution in [-0.2, 0) is 0 Å². The van der Waals surface area contributed by atoms with Crippen LogP contribution in [0.2, 0.25) is 5.15 Å². The van der Waals surface area contributed by atoms with Crippen LogP contribution in [0.25, 0.3) is 0 Å². The summed E-state index contributed by atoms with van der Waals surface area (Å²) in [5.41, 5.74) is 6.88. The van der Waals surface area contributed by atoms with E-state index in [1.54, 1.807) is 30.5 Å². The molecule has 4 nitrogen and oxygen atoms in total. The summed E-state index contributed by atoms with van der Waals surface area (Å²) < 4.78 is 0. The highest BCUT2D eigenvalue weighted by atomic mass is 35.5. The van der Waals surface area contributed by atoms with E-state index in [1.165, 1.54) is 6.20 Å². The summed E-state index contributed by atoms with van der Waals surface area (Å²) in [6.07, 6.45) is 2.27. The quantitative estimate of drug-likeness (QED) is 0.779. The fourth-order valence-electron chi connectivity index (χ4n) is 1.43. The molecule has 0 radical (unpaired) electrons. The van der Waals surface area contributed by atoms with E-state index in [9.17, 15) is 5.11 Å². The SMILES string of the molecule is Nc1ncccc1C(O)c1ccnc(Cl)c1. The first-order chi connectivity index (χ1) is 7.68. The number of nitrogens with two attached hydrogens (primary N) is 1. The van der Waals surface area contributed by atoms with Crippen molar-refractivity contribution < 1.29 is 5.11 Å². The van der Waals surface area contributed by atoms with Gasteiger partial charge in [-0.25, -0.2) is 9.97 Å². The Morgan fingerprint density at radius 3 is 2.75 bits per heavy atom. The lowest BCUT2D eigenvalue weighted by Gasteiger charge is -2.12. The average molecular weight is 236 g/mol. The second-order valence-electron chi connectivity index (χ2n) is 3.29. The molecular weight excluding hydrogens is 226 g/mol. The van der Waals surface area contributed by atoms with Crippen LogP contribution in [0, 0.1) is 0 Å². The van der Waals surface area contributed by atoms with Gasteiger partial charge in [0.15, 0.2) is 0 Å². The van der Waals surface area contributed by atoms with Crippen molar-refractivity contribution in [3.63, 3.8) is 0 Å². The van der Waals surface area contributed by atoms with Crippen LogP contribution >= 0.6 is 11.6 Å². The molecule has 16 heavy (non-hydrogen) atoms. The molecule has 0 aliphatic heterocycles. The van der Waals surface area contributed by atoms with Crippen molar-refractivity contribution in [2.75, 3.05) is 5.73 Å². The zero-order valence-corrected chi connectivity index (χ0v) is 9.09. The molecule has 1 atom stereocenters. The van der Waals surface area contributed by atoms with Gasteiger partial charge in [-0.3, -0.25) is 0 Å². The first-order valence-corrected chi connectivity index (χ1v) is 5.06.